The lowest BCUT2D eigenvalue weighted by Gasteiger charge is -2.25. The van der Waals surface area contributed by atoms with Crippen molar-refractivity contribution in [1.29, 1.82) is 0 Å². The van der Waals surface area contributed by atoms with Gasteiger partial charge in [-0.25, -0.2) is 0 Å². The van der Waals surface area contributed by atoms with E-state index in [0.717, 1.165) is 18.9 Å². The van der Waals surface area contributed by atoms with E-state index in [1.165, 1.54) is 44.6 Å². The summed E-state index contributed by atoms with van der Waals surface area (Å²) < 4.78 is 0. The van der Waals surface area contributed by atoms with E-state index in [0.29, 0.717) is 0 Å². The van der Waals surface area contributed by atoms with Crippen LogP contribution in [0.15, 0.2) is 18.3 Å². The molecule has 0 amide bonds. The van der Waals surface area contributed by atoms with Gasteiger partial charge in [-0.05, 0) is 64.0 Å². The van der Waals surface area contributed by atoms with Crippen molar-refractivity contribution in [3.63, 3.8) is 0 Å². The number of likely N-dealkylation sites (N-methyl/N-ethyl adjacent to an activating group) is 1. The van der Waals surface area contributed by atoms with Crippen molar-refractivity contribution in [2.75, 3.05) is 33.2 Å². The van der Waals surface area contributed by atoms with E-state index in [9.17, 15) is 0 Å². The molecule has 0 spiro atoms. The molecule has 0 aliphatic carbocycles. The smallest absolute Gasteiger partial charge is 0.0159 e. The minimum Gasteiger partial charge on any atom is -0.365 e. The first-order chi connectivity index (χ1) is 8.34. The highest BCUT2D eigenvalue weighted by molar-refractivity contribution is 5.03. The molecule has 3 heteroatoms. The molecule has 0 bridgehead atoms. The van der Waals surface area contributed by atoms with Gasteiger partial charge in [0.1, 0.15) is 0 Å². The number of H-pyrrole nitrogens is 1. The normalized spacial score (nSPS) is 20.9. The number of hydrogen-bond acceptors (Lipinski definition) is 2. The van der Waals surface area contributed by atoms with Gasteiger partial charge >= 0.3 is 0 Å². The molecule has 1 fully saturated rings. The van der Waals surface area contributed by atoms with Crippen molar-refractivity contribution >= 4 is 0 Å². The maximum absolute atomic E-state index is 3.49. The van der Waals surface area contributed by atoms with Gasteiger partial charge in [-0.15, -0.1) is 0 Å². The summed E-state index contributed by atoms with van der Waals surface area (Å²) >= 11 is 0. The van der Waals surface area contributed by atoms with Crippen LogP contribution in [0.25, 0.3) is 0 Å². The van der Waals surface area contributed by atoms with E-state index >= 15 is 0 Å². The second kappa shape index (κ2) is 6.82. The van der Waals surface area contributed by atoms with Gasteiger partial charge in [0.15, 0.2) is 0 Å². The van der Waals surface area contributed by atoms with Crippen LogP contribution in [-0.2, 0) is 6.42 Å². The Labute approximate surface area is 105 Å². The van der Waals surface area contributed by atoms with Crippen LogP contribution in [0, 0.1) is 5.92 Å². The largest absolute Gasteiger partial charge is 0.365 e. The summed E-state index contributed by atoms with van der Waals surface area (Å²) in [5, 5.41) is 3.49. The number of nitrogens with zero attached hydrogens (tertiary/aromatic N) is 1. The summed E-state index contributed by atoms with van der Waals surface area (Å²) in [6.07, 6.45) is 7.25. The van der Waals surface area contributed by atoms with Crippen molar-refractivity contribution in [3.8, 4) is 0 Å². The van der Waals surface area contributed by atoms with Crippen LogP contribution in [0.4, 0.5) is 0 Å². The highest BCUT2D eigenvalue weighted by Gasteiger charge is 2.13. The Morgan fingerprint density at radius 1 is 1.41 bits per heavy atom. The molecule has 1 aromatic heterocycles. The lowest BCUT2D eigenvalue weighted by Crippen LogP contribution is -2.32. The fraction of sp³-hybridized carbons (Fsp3) is 0.714. The van der Waals surface area contributed by atoms with Gasteiger partial charge in [0.25, 0.3) is 0 Å². The Balaban J connectivity index is 1.58. The number of rotatable bonds is 6. The number of nitrogens with one attached hydrogen (secondary N) is 2. The fourth-order valence-corrected chi connectivity index (χ4v) is 2.52. The van der Waals surface area contributed by atoms with E-state index < -0.39 is 0 Å². The van der Waals surface area contributed by atoms with Crippen LogP contribution < -0.4 is 5.32 Å². The zero-order valence-electron chi connectivity index (χ0n) is 10.9. The standard InChI is InChI=1S/C14H25N3/c1-17(11-7-14-5-3-9-16-14)10-6-13-4-2-8-15-12-13/h3,5,9,13,15-16H,2,4,6-8,10-12H2,1H3. The van der Waals surface area contributed by atoms with Gasteiger partial charge in [-0.2, -0.15) is 0 Å². The van der Waals surface area contributed by atoms with Crippen LogP contribution in [0.3, 0.4) is 0 Å². The fourth-order valence-electron chi connectivity index (χ4n) is 2.52. The van der Waals surface area contributed by atoms with Crippen LogP contribution in [0.2, 0.25) is 0 Å². The zero-order valence-corrected chi connectivity index (χ0v) is 10.9. The van der Waals surface area contributed by atoms with Crippen molar-refractivity contribution in [3.05, 3.63) is 24.0 Å². The molecule has 2 N–H and O–H groups in total. The SMILES string of the molecule is CN(CCc1ccc[nH]1)CCC1CCCNC1. The van der Waals surface area contributed by atoms with Crippen molar-refractivity contribution in [2.45, 2.75) is 25.7 Å². The summed E-state index contributed by atoms with van der Waals surface area (Å²) in [7, 11) is 2.24. The Kier molecular flexibility index (Phi) is 5.08. The number of hydrogen-bond donors (Lipinski definition) is 2. The highest BCUT2D eigenvalue weighted by atomic mass is 15.1. The highest BCUT2D eigenvalue weighted by Crippen LogP contribution is 2.14. The van der Waals surface area contributed by atoms with E-state index in [1.54, 1.807) is 0 Å². The molecular weight excluding hydrogens is 210 g/mol. The van der Waals surface area contributed by atoms with Crippen LogP contribution in [0.5, 0.6) is 0 Å². The third-order valence-corrected chi connectivity index (χ3v) is 3.74. The molecule has 1 aromatic rings. The van der Waals surface area contributed by atoms with Gasteiger partial charge < -0.3 is 15.2 Å². The predicted octanol–water partition coefficient (Wildman–Crippen LogP) is 1.88. The first kappa shape index (κ1) is 12.7. The minimum absolute atomic E-state index is 0.900. The lowest BCUT2D eigenvalue weighted by atomic mass is 9.96. The molecule has 17 heavy (non-hydrogen) atoms. The van der Waals surface area contributed by atoms with Crippen molar-refractivity contribution < 1.29 is 0 Å². The average molecular weight is 235 g/mol. The summed E-state index contributed by atoms with van der Waals surface area (Å²) in [5.41, 5.74) is 1.34. The minimum atomic E-state index is 0.900. The summed E-state index contributed by atoms with van der Waals surface area (Å²) in [6.45, 7) is 4.83. The van der Waals surface area contributed by atoms with Crippen molar-refractivity contribution in [2.24, 2.45) is 5.92 Å². The van der Waals surface area contributed by atoms with Crippen LogP contribution >= 0.6 is 0 Å². The predicted molar refractivity (Wildman–Crippen MR) is 72.2 cm³/mol. The van der Waals surface area contributed by atoms with Crippen LogP contribution in [-0.4, -0.2) is 43.1 Å². The molecule has 1 saturated heterocycles. The first-order valence-corrected chi connectivity index (χ1v) is 6.86. The maximum Gasteiger partial charge on any atom is 0.0159 e. The van der Waals surface area contributed by atoms with E-state index in [4.69, 9.17) is 0 Å². The second-order valence-electron chi connectivity index (χ2n) is 5.25. The molecule has 3 nitrogen and oxygen atoms in total. The zero-order chi connectivity index (χ0) is 11.9. The van der Waals surface area contributed by atoms with E-state index in [-0.39, 0.29) is 0 Å². The Bertz CT molecular complexity index is 288. The third-order valence-electron chi connectivity index (χ3n) is 3.74. The monoisotopic (exact) mass is 235 g/mol. The topological polar surface area (TPSA) is 31.1 Å². The lowest BCUT2D eigenvalue weighted by molar-refractivity contribution is 0.275. The summed E-state index contributed by atoms with van der Waals surface area (Å²) in [5.74, 6) is 0.900. The summed E-state index contributed by atoms with van der Waals surface area (Å²) in [6, 6.07) is 4.24. The number of aromatic amines is 1. The van der Waals surface area contributed by atoms with Gasteiger partial charge in [0.05, 0.1) is 0 Å². The average Bonchev–Trinajstić information content (AvgIpc) is 2.88. The van der Waals surface area contributed by atoms with Gasteiger partial charge in [-0.1, -0.05) is 0 Å². The van der Waals surface area contributed by atoms with E-state index in [1.807, 2.05) is 6.20 Å². The molecule has 1 aliphatic rings. The van der Waals surface area contributed by atoms with E-state index in [2.05, 4.69) is 34.4 Å². The number of aromatic nitrogens is 1. The molecule has 2 heterocycles. The molecule has 2 rings (SSSR count). The number of piperidine rings is 1. The molecular formula is C14H25N3. The Morgan fingerprint density at radius 2 is 2.35 bits per heavy atom. The first-order valence-electron chi connectivity index (χ1n) is 6.86. The molecule has 1 unspecified atom stereocenters. The van der Waals surface area contributed by atoms with Crippen molar-refractivity contribution in [1.82, 2.24) is 15.2 Å². The van der Waals surface area contributed by atoms with Crippen LogP contribution in [0.1, 0.15) is 25.0 Å². The Hall–Kier alpha value is -0.800. The molecule has 0 saturated carbocycles. The second-order valence-corrected chi connectivity index (χ2v) is 5.25. The summed E-state index contributed by atoms with van der Waals surface area (Å²) in [4.78, 5) is 5.72. The molecule has 0 aromatic carbocycles. The quantitative estimate of drug-likeness (QED) is 0.789. The third kappa shape index (κ3) is 4.52. The van der Waals surface area contributed by atoms with Gasteiger partial charge in [0.2, 0.25) is 0 Å². The maximum atomic E-state index is 3.49. The molecule has 1 atom stereocenters. The Morgan fingerprint density at radius 3 is 3.06 bits per heavy atom. The molecule has 1 aliphatic heterocycles. The van der Waals surface area contributed by atoms with Gasteiger partial charge in [-0.3, -0.25) is 0 Å². The van der Waals surface area contributed by atoms with Gasteiger partial charge in [0, 0.05) is 24.9 Å². The molecule has 96 valence electrons. The molecule has 0 radical (unpaired) electrons.